The molecule has 2 fully saturated rings. The van der Waals surface area contributed by atoms with Crippen molar-refractivity contribution in [2.24, 2.45) is 5.73 Å². The molecule has 0 saturated carbocycles. The minimum absolute atomic E-state index is 0.0641. The third kappa shape index (κ3) is 2.65. The molecule has 2 saturated heterocycles. The molecule has 2 unspecified atom stereocenters. The summed E-state index contributed by atoms with van der Waals surface area (Å²) in [6, 6.07) is 0.521. The molecule has 0 amide bonds. The highest BCUT2D eigenvalue weighted by Crippen LogP contribution is 2.37. The van der Waals surface area contributed by atoms with Crippen LogP contribution >= 0.6 is 0 Å². The zero-order valence-corrected chi connectivity index (χ0v) is 11.4. The van der Waals surface area contributed by atoms with Gasteiger partial charge in [0, 0.05) is 31.3 Å². The fourth-order valence-electron chi connectivity index (χ4n) is 3.28. The van der Waals surface area contributed by atoms with E-state index in [-0.39, 0.29) is 11.1 Å². The first kappa shape index (κ1) is 13.3. The van der Waals surface area contributed by atoms with E-state index in [1.807, 2.05) is 0 Å². The number of likely N-dealkylation sites (N-methyl/N-ethyl adjacent to an activating group) is 1. The molecular formula is C13H26N2O2. The SMILES string of the molecule is CN(C1CCOC1)C1(CN)CCOC(C)(C)C1. The number of rotatable bonds is 3. The first-order chi connectivity index (χ1) is 7.99. The van der Waals surface area contributed by atoms with E-state index < -0.39 is 0 Å². The summed E-state index contributed by atoms with van der Waals surface area (Å²) in [5.74, 6) is 0. The Morgan fingerprint density at radius 3 is 2.65 bits per heavy atom. The van der Waals surface area contributed by atoms with Gasteiger partial charge in [0.1, 0.15) is 0 Å². The van der Waals surface area contributed by atoms with Crippen LogP contribution in [0.5, 0.6) is 0 Å². The molecule has 0 aromatic rings. The average molecular weight is 242 g/mol. The molecule has 0 radical (unpaired) electrons. The number of ether oxygens (including phenoxy) is 2. The molecule has 4 nitrogen and oxygen atoms in total. The summed E-state index contributed by atoms with van der Waals surface area (Å²) >= 11 is 0. The van der Waals surface area contributed by atoms with Gasteiger partial charge in [-0.3, -0.25) is 4.90 Å². The number of nitrogens with zero attached hydrogens (tertiary/aromatic N) is 1. The van der Waals surface area contributed by atoms with E-state index in [0.29, 0.717) is 12.6 Å². The van der Waals surface area contributed by atoms with Crippen LogP contribution in [0.3, 0.4) is 0 Å². The molecule has 0 bridgehead atoms. The van der Waals surface area contributed by atoms with Gasteiger partial charge in [0.05, 0.1) is 12.2 Å². The van der Waals surface area contributed by atoms with Crippen LogP contribution in [0.25, 0.3) is 0 Å². The van der Waals surface area contributed by atoms with E-state index in [1.165, 1.54) is 0 Å². The molecule has 2 atom stereocenters. The van der Waals surface area contributed by atoms with Gasteiger partial charge in [0.2, 0.25) is 0 Å². The molecule has 100 valence electrons. The standard InChI is InChI=1S/C13H26N2O2/c1-12(2)9-13(10-14,5-7-17-12)15(3)11-4-6-16-8-11/h11H,4-10,14H2,1-3H3. The van der Waals surface area contributed by atoms with Crippen molar-refractivity contribution < 1.29 is 9.47 Å². The van der Waals surface area contributed by atoms with Gasteiger partial charge in [-0.25, -0.2) is 0 Å². The normalized spacial score (nSPS) is 37.6. The van der Waals surface area contributed by atoms with Crippen LogP contribution in [0.2, 0.25) is 0 Å². The Balaban J connectivity index is 2.12. The largest absolute Gasteiger partial charge is 0.380 e. The van der Waals surface area contributed by atoms with Crippen LogP contribution in [-0.2, 0) is 9.47 Å². The van der Waals surface area contributed by atoms with E-state index in [9.17, 15) is 0 Å². The minimum Gasteiger partial charge on any atom is -0.380 e. The Morgan fingerprint density at radius 1 is 1.35 bits per heavy atom. The predicted molar refractivity (Wildman–Crippen MR) is 68.0 cm³/mol. The van der Waals surface area contributed by atoms with Crippen LogP contribution in [-0.4, -0.2) is 55.5 Å². The molecule has 17 heavy (non-hydrogen) atoms. The predicted octanol–water partition coefficient (Wildman–Crippen LogP) is 0.994. The Kier molecular flexibility index (Phi) is 3.78. The van der Waals surface area contributed by atoms with Crippen LogP contribution in [0.4, 0.5) is 0 Å². The molecule has 2 N–H and O–H groups in total. The zero-order chi connectivity index (χ0) is 12.5. The molecule has 0 spiro atoms. The Bertz CT molecular complexity index is 264. The van der Waals surface area contributed by atoms with Crippen molar-refractivity contribution in [3.63, 3.8) is 0 Å². The van der Waals surface area contributed by atoms with E-state index in [1.54, 1.807) is 0 Å². The van der Waals surface area contributed by atoms with Gasteiger partial charge in [-0.1, -0.05) is 0 Å². The quantitative estimate of drug-likeness (QED) is 0.802. The highest BCUT2D eigenvalue weighted by atomic mass is 16.5. The summed E-state index contributed by atoms with van der Waals surface area (Å²) in [5, 5.41) is 0. The Labute approximate surface area is 104 Å². The second-order valence-corrected chi connectivity index (χ2v) is 6.09. The molecule has 2 aliphatic rings. The van der Waals surface area contributed by atoms with Crippen LogP contribution in [0.1, 0.15) is 33.1 Å². The maximum absolute atomic E-state index is 6.09. The smallest absolute Gasteiger partial charge is 0.0644 e. The van der Waals surface area contributed by atoms with Crippen molar-refractivity contribution in [2.75, 3.05) is 33.4 Å². The third-order valence-electron chi connectivity index (χ3n) is 4.40. The van der Waals surface area contributed by atoms with Gasteiger partial charge >= 0.3 is 0 Å². The van der Waals surface area contributed by atoms with E-state index in [4.69, 9.17) is 15.2 Å². The number of hydrogen-bond acceptors (Lipinski definition) is 4. The monoisotopic (exact) mass is 242 g/mol. The molecule has 0 aliphatic carbocycles. The van der Waals surface area contributed by atoms with Crippen LogP contribution in [0.15, 0.2) is 0 Å². The van der Waals surface area contributed by atoms with Crippen molar-refractivity contribution in [1.29, 1.82) is 0 Å². The number of nitrogens with two attached hydrogens (primary N) is 1. The molecule has 2 rings (SSSR count). The van der Waals surface area contributed by atoms with Crippen molar-refractivity contribution in [2.45, 2.75) is 50.3 Å². The first-order valence-electron chi connectivity index (χ1n) is 6.64. The lowest BCUT2D eigenvalue weighted by Gasteiger charge is -2.51. The lowest BCUT2D eigenvalue weighted by molar-refractivity contribution is -0.120. The van der Waals surface area contributed by atoms with Crippen LogP contribution < -0.4 is 5.73 Å². The van der Waals surface area contributed by atoms with E-state index in [0.717, 1.165) is 39.1 Å². The fraction of sp³-hybridized carbons (Fsp3) is 1.00. The van der Waals surface area contributed by atoms with Gasteiger partial charge in [-0.05, 0) is 40.2 Å². The Hall–Kier alpha value is -0.160. The van der Waals surface area contributed by atoms with E-state index >= 15 is 0 Å². The third-order valence-corrected chi connectivity index (χ3v) is 4.40. The molecule has 2 heterocycles. The zero-order valence-electron chi connectivity index (χ0n) is 11.4. The Morgan fingerprint density at radius 2 is 2.12 bits per heavy atom. The molecule has 2 aliphatic heterocycles. The van der Waals surface area contributed by atoms with Gasteiger partial charge in [-0.2, -0.15) is 0 Å². The summed E-state index contributed by atoms with van der Waals surface area (Å²) in [4.78, 5) is 2.46. The number of hydrogen-bond donors (Lipinski definition) is 1. The summed E-state index contributed by atoms with van der Waals surface area (Å²) < 4.78 is 11.3. The lowest BCUT2D eigenvalue weighted by Crippen LogP contribution is -2.62. The summed E-state index contributed by atoms with van der Waals surface area (Å²) in [7, 11) is 2.20. The van der Waals surface area contributed by atoms with Crippen molar-refractivity contribution in [3.8, 4) is 0 Å². The van der Waals surface area contributed by atoms with Crippen LogP contribution in [0, 0.1) is 0 Å². The highest BCUT2D eigenvalue weighted by Gasteiger charge is 2.45. The second-order valence-electron chi connectivity index (χ2n) is 6.09. The fourth-order valence-corrected chi connectivity index (χ4v) is 3.28. The lowest BCUT2D eigenvalue weighted by atomic mass is 9.79. The minimum atomic E-state index is -0.0641. The van der Waals surface area contributed by atoms with Crippen molar-refractivity contribution >= 4 is 0 Å². The maximum Gasteiger partial charge on any atom is 0.0644 e. The molecular weight excluding hydrogens is 216 g/mol. The van der Waals surface area contributed by atoms with E-state index in [2.05, 4.69) is 25.8 Å². The van der Waals surface area contributed by atoms with Gasteiger partial charge < -0.3 is 15.2 Å². The molecule has 0 aromatic heterocycles. The first-order valence-corrected chi connectivity index (χ1v) is 6.64. The van der Waals surface area contributed by atoms with Gasteiger partial charge in [0.25, 0.3) is 0 Å². The maximum atomic E-state index is 6.09. The molecule has 0 aromatic carbocycles. The van der Waals surface area contributed by atoms with Gasteiger partial charge in [0.15, 0.2) is 0 Å². The summed E-state index contributed by atoms with van der Waals surface area (Å²) in [6.45, 7) is 7.56. The van der Waals surface area contributed by atoms with Crippen molar-refractivity contribution in [1.82, 2.24) is 4.90 Å². The summed E-state index contributed by atoms with van der Waals surface area (Å²) in [5.41, 5.74) is 6.11. The highest BCUT2D eigenvalue weighted by molar-refractivity contribution is 5.00. The average Bonchev–Trinajstić information content (AvgIpc) is 2.79. The molecule has 4 heteroatoms. The van der Waals surface area contributed by atoms with Gasteiger partial charge in [-0.15, -0.1) is 0 Å². The van der Waals surface area contributed by atoms with Crippen molar-refractivity contribution in [3.05, 3.63) is 0 Å². The topological polar surface area (TPSA) is 47.7 Å². The second kappa shape index (κ2) is 4.84. The summed E-state index contributed by atoms with van der Waals surface area (Å²) in [6.07, 6.45) is 3.16.